The molecule has 0 spiro atoms. The van der Waals surface area contributed by atoms with Crippen molar-refractivity contribution in [3.63, 3.8) is 0 Å². The number of carbonyl (C=O) groups excluding carboxylic acids is 1. The summed E-state index contributed by atoms with van der Waals surface area (Å²) in [5, 5.41) is 3.73. The van der Waals surface area contributed by atoms with Gasteiger partial charge < -0.3 is 11.1 Å². The van der Waals surface area contributed by atoms with Gasteiger partial charge in [0.2, 0.25) is 0 Å². The fourth-order valence-electron chi connectivity index (χ4n) is 2.42. The first-order chi connectivity index (χ1) is 11.6. The lowest BCUT2D eigenvalue weighted by Gasteiger charge is -2.04. The number of anilines is 2. The topological polar surface area (TPSA) is 68.0 Å². The minimum Gasteiger partial charge on any atom is -0.397 e. The highest BCUT2D eigenvalue weighted by molar-refractivity contribution is 9.10. The number of nitrogens with one attached hydrogen (secondary N) is 1. The summed E-state index contributed by atoms with van der Waals surface area (Å²) in [5.74, 6) is -0.201. The van der Waals surface area contributed by atoms with Crippen LogP contribution in [0, 0.1) is 0 Å². The van der Waals surface area contributed by atoms with E-state index in [1.54, 1.807) is 0 Å². The number of aromatic nitrogens is 1. The van der Waals surface area contributed by atoms with E-state index in [0.717, 1.165) is 45.3 Å². The third-order valence-electron chi connectivity index (χ3n) is 3.75. The molecule has 0 atom stereocenters. The zero-order valence-corrected chi connectivity index (χ0v) is 15.7. The number of hydrogen-bond acceptors (Lipinski definition) is 4. The Morgan fingerprint density at radius 3 is 2.71 bits per heavy atom. The number of carbonyl (C=O) groups is 1. The first-order valence-corrected chi connectivity index (χ1v) is 9.44. The Balaban J connectivity index is 1.86. The molecule has 3 rings (SSSR count). The van der Waals surface area contributed by atoms with Gasteiger partial charge in [0.05, 0.1) is 5.69 Å². The van der Waals surface area contributed by atoms with Crippen LogP contribution in [0.3, 0.4) is 0 Å². The van der Waals surface area contributed by atoms with Crippen molar-refractivity contribution in [3.8, 4) is 0 Å². The van der Waals surface area contributed by atoms with Crippen LogP contribution >= 0.6 is 27.3 Å². The number of unbranched alkanes of at least 4 members (excludes halogenated alkanes) is 1. The largest absolute Gasteiger partial charge is 0.397 e. The molecule has 3 aromatic rings. The van der Waals surface area contributed by atoms with Gasteiger partial charge in [0, 0.05) is 21.2 Å². The van der Waals surface area contributed by atoms with E-state index in [9.17, 15) is 4.79 Å². The average molecular weight is 404 g/mol. The average Bonchev–Trinajstić information content (AvgIpc) is 2.91. The van der Waals surface area contributed by atoms with Crippen LogP contribution in [0.1, 0.15) is 35.1 Å². The molecular weight excluding hydrogens is 386 g/mol. The Bertz CT molecular complexity index is 874. The maximum Gasteiger partial charge on any atom is 0.267 e. The number of hydrogen-bond donors (Lipinski definition) is 2. The van der Waals surface area contributed by atoms with Crippen molar-refractivity contribution >= 4 is 54.8 Å². The first-order valence-electron chi connectivity index (χ1n) is 7.83. The molecule has 0 fully saturated rings. The van der Waals surface area contributed by atoms with E-state index in [4.69, 9.17) is 5.73 Å². The van der Waals surface area contributed by atoms with E-state index >= 15 is 0 Å². The molecule has 0 saturated carbocycles. The van der Waals surface area contributed by atoms with Gasteiger partial charge in [0.1, 0.15) is 9.71 Å². The lowest BCUT2D eigenvalue weighted by atomic mass is 10.1. The van der Waals surface area contributed by atoms with Gasteiger partial charge in [-0.2, -0.15) is 0 Å². The Morgan fingerprint density at radius 1 is 1.25 bits per heavy atom. The van der Waals surface area contributed by atoms with Crippen molar-refractivity contribution < 1.29 is 4.79 Å². The number of thiophene rings is 1. The number of fused-ring (bicyclic) bond motifs is 1. The summed E-state index contributed by atoms with van der Waals surface area (Å²) in [5.41, 5.74) is 8.45. The molecule has 1 amide bonds. The molecule has 0 unspecified atom stereocenters. The molecule has 24 heavy (non-hydrogen) atoms. The van der Waals surface area contributed by atoms with E-state index < -0.39 is 0 Å². The summed E-state index contributed by atoms with van der Waals surface area (Å²) in [6.07, 6.45) is 3.19. The van der Waals surface area contributed by atoms with Crippen molar-refractivity contribution in [3.05, 3.63) is 51.4 Å². The van der Waals surface area contributed by atoms with Gasteiger partial charge in [-0.25, -0.2) is 4.98 Å². The molecule has 1 aromatic carbocycles. The van der Waals surface area contributed by atoms with Crippen LogP contribution in [0.25, 0.3) is 10.2 Å². The highest BCUT2D eigenvalue weighted by Crippen LogP contribution is 2.33. The van der Waals surface area contributed by atoms with Crippen LogP contribution in [-0.4, -0.2) is 10.9 Å². The Morgan fingerprint density at radius 2 is 2.00 bits per heavy atom. The Hall–Kier alpha value is -1.92. The molecule has 2 aromatic heterocycles. The fourth-order valence-corrected chi connectivity index (χ4v) is 3.69. The number of benzene rings is 1. The van der Waals surface area contributed by atoms with Crippen LogP contribution in [0.5, 0.6) is 0 Å². The quantitative estimate of drug-likeness (QED) is 0.612. The maximum absolute atomic E-state index is 12.5. The normalized spacial score (nSPS) is 10.9. The predicted molar refractivity (Wildman–Crippen MR) is 105 cm³/mol. The number of pyridine rings is 1. The summed E-state index contributed by atoms with van der Waals surface area (Å²) in [7, 11) is 0. The van der Waals surface area contributed by atoms with Crippen LogP contribution < -0.4 is 11.1 Å². The van der Waals surface area contributed by atoms with Gasteiger partial charge >= 0.3 is 0 Å². The summed E-state index contributed by atoms with van der Waals surface area (Å²) in [4.78, 5) is 18.5. The Labute approximate surface area is 153 Å². The summed E-state index contributed by atoms with van der Waals surface area (Å²) in [6.45, 7) is 2.16. The first kappa shape index (κ1) is 16.9. The molecule has 0 bridgehead atoms. The molecule has 2 heterocycles. The predicted octanol–water partition coefficient (Wildman–Crippen LogP) is 5.24. The molecule has 6 heteroatoms. The number of rotatable bonds is 5. The van der Waals surface area contributed by atoms with Gasteiger partial charge in [0.15, 0.2) is 0 Å². The Kier molecular flexibility index (Phi) is 5.16. The van der Waals surface area contributed by atoms with E-state index in [0.29, 0.717) is 10.6 Å². The van der Waals surface area contributed by atoms with Crippen molar-refractivity contribution in [2.45, 2.75) is 26.2 Å². The lowest BCUT2D eigenvalue weighted by Crippen LogP contribution is -2.11. The molecule has 0 aliphatic rings. The lowest BCUT2D eigenvalue weighted by molar-refractivity contribution is 0.103. The molecule has 3 N–H and O–H groups in total. The van der Waals surface area contributed by atoms with Crippen LogP contribution in [0.15, 0.2) is 40.9 Å². The van der Waals surface area contributed by atoms with Crippen LogP contribution in [-0.2, 0) is 6.42 Å². The van der Waals surface area contributed by atoms with Gasteiger partial charge in [-0.15, -0.1) is 11.3 Å². The zero-order valence-electron chi connectivity index (χ0n) is 13.3. The highest BCUT2D eigenvalue weighted by Gasteiger charge is 2.17. The molecule has 4 nitrogen and oxygen atoms in total. The van der Waals surface area contributed by atoms with Crippen LogP contribution in [0.2, 0.25) is 0 Å². The van der Waals surface area contributed by atoms with Gasteiger partial charge in [-0.1, -0.05) is 29.3 Å². The van der Waals surface area contributed by atoms with E-state index in [2.05, 4.69) is 33.2 Å². The number of amides is 1. The van der Waals surface area contributed by atoms with Crippen molar-refractivity contribution in [2.75, 3.05) is 11.1 Å². The van der Waals surface area contributed by atoms with Gasteiger partial charge in [-0.3, -0.25) is 4.79 Å². The smallest absolute Gasteiger partial charge is 0.267 e. The third kappa shape index (κ3) is 3.60. The van der Waals surface area contributed by atoms with Crippen LogP contribution in [0.4, 0.5) is 11.4 Å². The summed E-state index contributed by atoms with van der Waals surface area (Å²) in [6, 6.07) is 11.4. The van der Waals surface area contributed by atoms with Gasteiger partial charge in [-0.05, 0) is 49.2 Å². The van der Waals surface area contributed by atoms with Crippen molar-refractivity contribution in [1.82, 2.24) is 4.98 Å². The molecule has 0 aliphatic carbocycles. The number of halogens is 1. The second-order valence-corrected chi connectivity index (χ2v) is 7.48. The number of nitrogens with two attached hydrogens (primary N) is 1. The van der Waals surface area contributed by atoms with E-state index in [1.165, 1.54) is 11.3 Å². The third-order valence-corrected chi connectivity index (χ3v) is 5.39. The van der Waals surface area contributed by atoms with E-state index in [1.807, 2.05) is 36.4 Å². The number of aryl methyl sites for hydroxylation is 1. The summed E-state index contributed by atoms with van der Waals surface area (Å²) < 4.78 is 0.964. The summed E-state index contributed by atoms with van der Waals surface area (Å²) >= 11 is 4.72. The zero-order chi connectivity index (χ0) is 17.1. The highest BCUT2D eigenvalue weighted by atomic mass is 79.9. The molecule has 124 valence electrons. The molecule has 0 aliphatic heterocycles. The second kappa shape index (κ2) is 7.32. The maximum atomic E-state index is 12.5. The minimum absolute atomic E-state index is 0.201. The monoisotopic (exact) mass is 403 g/mol. The molecule has 0 saturated heterocycles. The second-order valence-electron chi connectivity index (χ2n) is 5.56. The molecular formula is C18H18BrN3OS. The van der Waals surface area contributed by atoms with Crippen molar-refractivity contribution in [2.24, 2.45) is 0 Å². The van der Waals surface area contributed by atoms with E-state index in [-0.39, 0.29) is 5.91 Å². The standard InChI is InChI=1S/C18H18BrN3OS/c1-2-3-4-12-9-10-14-15(20)16(24-18(14)22-12)17(23)21-13-7-5-11(19)6-8-13/h5-10H,2-4,20H2,1H3,(H,21,23). The van der Waals surface area contributed by atoms with Gasteiger partial charge in [0.25, 0.3) is 5.91 Å². The number of nitrogens with zero attached hydrogens (tertiary/aromatic N) is 1. The molecule has 0 radical (unpaired) electrons. The number of nitrogen functional groups attached to an aromatic ring is 1. The fraction of sp³-hybridized carbons (Fsp3) is 0.222. The van der Waals surface area contributed by atoms with Crippen molar-refractivity contribution in [1.29, 1.82) is 0 Å². The minimum atomic E-state index is -0.201. The SMILES string of the molecule is CCCCc1ccc2c(N)c(C(=O)Nc3ccc(Br)cc3)sc2n1.